The first-order chi connectivity index (χ1) is 7.36. The lowest BCUT2D eigenvalue weighted by atomic mass is 9.82. The highest BCUT2D eigenvalue weighted by Gasteiger charge is 2.52. The van der Waals surface area contributed by atoms with Crippen LogP contribution in [-0.4, -0.2) is 10.7 Å². The minimum atomic E-state index is -0.890. The molecule has 0 amide bonds. The van der Waals surface area contributed by atoms with Crippen LogP contribution in [0.1, 0.15) is 32.3 Å². The van der Waals surface area contributed by atoms with Crippen molar-refractivity contribution in [3.05, 3.63) is 34.6 Å². The summed E-state index contributed by atoms with van der Waals surface area (Å²) in [6, 6.07) is 4.62. The fourth-order valence-electron chi connectivity index (χ4n) is 1.98. The Hall–Kier alpha value is -0.600. The average molecular weight is 243 g/mol. The second-order valence-corrected chi connectivity index (χ2v) is 5.62. The van der Waals surface area contributed by atoms with Gasteiger partial charge < -0.3 is 5.11 Å². The summed E-state index contributed by atoms with van der Waals surface area (Å²) in [5.41, 5.74) is -0.556. The smallest absolute Gasteiger partial charge is 0.127 e. The van der Waals surface area contributed by atoms with E-state index in [2.05, 4.69) is 0 Å². The summed E-state index contributed by atoms with van der Waals surface area (Å²) >= 11 is 5.95. The Balaban J connectivity index is 2.27. The first-order valence-corrected chi connectivity index (χ1v) is 5.89. The summed E-state index contributed by atoms with van der Waals surface area (Å²) in [5.74, 6) is -0.336. The zero-order valence-electron chi connectivity index (χ0n) is 9.56. The van der Waals surface area contributed by atoms with E-state index in [1.807, 2.05) is 6.92 Å². The molecule has 0 bridgehead atoms. The van der Waals surface area contributed by atoms with Gasteiger partial charge in [-0.15, -0.1) is 0 Å². The molecular formula is C13H16ClFO. The third-order valence-electron chi connectivity index (χ3n) is 3.88. The molecule has 1 aliphatic rings. The number of benzene rings is 1. The number of halogens is 2. The zero-order valence-corrected chi connectivity index (χ0v) is 10.3. The molecule has 1 nitrogen and oxygen atoms in total. The van der Waals surface area contributed by atoms with Gasteiger partial charge in [0.2, 0.25) is 0 Å². The van der Waals surface area contributed by atoms with Gasteiger partial charge in [0, 0.05) is 17.0 Å². The second kappa shape index (κ2) is 3.71. The Bertz CT molecular complexity index is 390. The first-order valence-electron chi connectivity index (χ1n) is 5.51. The molecule has 3 heteroatoms. The third kappa shape index (κ3) is 1.96. The summed E-state index contributed by atoms with van der Waals surface area (Å²) in [7, 11) is 0. The Kier molecular flexibility index (Phi) is 2.75. The highest BCUT2D eigenvalue weighted by atomic mass is 35.5. The molecule has 1 aliphatic carbocycles. The van der Waals surface area contributed by atoms with Gasteiger partial charge >= 0.3 is 0 Å². The Morgan fingerprint density at radius 2 is 2.12 bits per heavy atom. The van der Waals surface area contributed by atoms with E-state index >= 15 is 0 Å². The third-order valence-corrected chi connectivity index (χ3v) is 4.24. The van der Waals surface area contributed by atoms with Crippen molar-refractivity contribution in [1.82, 2.24) is 0 Å². The van der Waals surface area contributed by atoms with Gasteiger partial charge in [-0.05, 0) is 37.3 Å². The predicted octanol–water partition coefficient (Wildman–Crippen LogP) is 3.57. The summed E-state index contributed by atoms with van der Waals surface area (Å²) in [4.78, 5) is 0. The van der Waals surface area contributed by atoms with Crippen molar-refractivity contribution in [2.45, 2.75) is 38.7 Å². The summed E-state index contributed by atoms with van der Waals surface area (Å²) in [5, 5.41) is 10.8. The second-order valence-electron chi connectivity index (χ2n) is 5.21. The van der Waals surface area contributed by atoms with Crippen LogP contribution >= 0.6 is 11.6 Å². The van der Waals surface area contributed by atoms with Gasteiger partial charge in [0.15, 0.2) is 0 Å². The zero-order chi connectivity index (χ0) is 12.0. The molecule has 0 aromatic heterocycles. The lowest BCUT2D eigenvalue weighted by molar-refractivity contribution is -0.00767. The van der Waals surface area contributed by atoms with Gasteiger partial charge in [0.05, 0.1) is 5.60 Å². The van der Waals surface area contributed by atoms with Crippen molar-refractivity contribution >= 4 is 11.6 Å². The Morgan fingerprint density at radius 1 is 1.50 bits per heavy atom. The molecule has 0 saturated heterocycles. The molecule has 1 unspecified atom stereocenters. The van der Waals surface area contributed by atoms with E-state index in [1.165, 1.54) is 6.07 Å². The minimum Gasteiger partial charge on any atom is -0.389 e. The van der Waals surface area contributed by atoms with E-state index in [-0.39, 0.29) is 17.7 Å². The Morgan fingerprint density at radius 3 is 2.62 bits per heavy atom. The SMILES string of the molecule is CC(O)(Cc1c(F)cccc1Cl)C1(C)CC1. The lowest BCUT2D eigenvalue weighted by Gasteiger charge is -2.31. The minimum absolute atomic E-state index is 0.0847. The molecule has 88 valence electrons. The molecule has 0 heterocycles. The topological polar surface area (TPSA) is 20.2 Å². The van der Waals surface area contributed by atoms with E-state index in [0.717, 1.165) is 12.8 Å². The largest absolute Gasteiger partial charge is 0.389 e. The molecule has 1 atom stereocenters. The molecule has 1 N–H and O–H groups in total. The molecule has 0 radical (unpaired) electrons. The highest BCUT2D eigenvalue weighted by Crippen LogP contribution is 2.54. The number of hydrogen-bond donors (Lipinski definition) is 1. The fraction of sp³-hybridized carbons (Fsp3) is 0.538. The van der Waals surface area contributed by atoms with Crippen molar-refractivity contribution in [2.24, 2.45) is 5.41 Å². The van der Waals surface area contributed by atoms with E-state index in [1.54, 1.807) is 19.1 Å². The number of hydrogen-bond acceptors (Lipinski definition) is 1. The van der Waals surface area contributed by atoms with Gasteiger partial charge in [0.1, 0.15) is 5.82 Å². The molecule has 16 heavy (non-hydrogen) atoms. The van der Waals surface area contributed by atoms with Crippen molar-refractivity contribution in [1.29, 1.82) is 0 Å². The Labute approximate surface area is 100 Å². The van der Waals surface area contributed by atoms with Crippen LogP contribution in [0.5, 0.6) is 0 Å². The van der Waals surface area contributed by atoms with E-state index < -0.39 is 5.60 Å². The number of aliphatic hydroxyl groups is 1. The van der Waals surface area contributed by atoms with Crippen molar-refractivity contribution < 1.29 is 9.50 Å². The van der Waals surface area contributed by atoms with Crippen LogP contribution in [-0.2, 0) is 6.42 Å². The van der Waals surface area contributed by atoms with Crippen LogP contribution in [0.4, 0.5) is 4.39 Å². The standard InChI is InChI=1S/C13H16ClFO/c1-12(6-7-12)13(2,16)8-9-10(14)4-3-5-11(9)15/h3-5,16H,6-8H2,1-2H3. The van der Waals surface area contributed by atoms with Crippen LogP contribution in [0.3, 0.4) is 0 Å². The van der Waals surface area contributed by atoms with Crippen molar-refractivity contribution in [3.8, 4) is 0 Å². The quantitative estimate of drug-likeness (QED) is 0.859. The first kappa shape index (κ1) is 11.9. The predicted molar refractivity (Wildman–Crippen MR) is 63.1 cm³/mol. The molecule has 2 rings (SSSR count). The maximum absolute atomic E-state index is 13.6. The maximum atomic E-state index is 13.6. The lowest BCUT2D eigenvalue weighted by Crippen LogP contribution is -2.37. The van der Waals surface area contributed by atoms with Gasteiger partial charge in [-0.25, -0.2) is 4.39 Å². The highest BCUT2D eigenvalue weighted by molar-refractivity contribution is 6.31. The van der Waals surface area contributed by atoms with Gasteiger partial charge in [-0.1, -0.05) is 24.6 Å². The van der Waals surface area contributed by atoms with Gasteiger partial charge in [-0.2, -0.15) is 0 Å². The van der Waals surface area contributed by atoms with Crippen molar-refractivity contribution in [2.75, 3.05) is 0 Å². The van der Waals surface area contributed by atoms with Crippen LogP contribution < -0.4 is 0 Å². The molecule has 1 aromatic rings. The molecule has 0 spiro atoms. The number of rotatable bonds is 3. The fourth-order valence-corrected chi connectivity index (χ4v) is 2.21. The summed E-state index contributed by atoms with van der Waals surface area (Å²) in [6.45, 7) is 3.80. The molecule has 1 aromatic carbocycles. The normalized spacial score (nSPS) is 21.6. The van der Waals surface area contributed by atoms with E-state index in [9.17, 15) is 9.50 Å². The van der Waals surface area contributed by atoms with E-state index in [4.69, 9.17) is 11.6 Å². The van der Waals surface area contributed by atoms with Crippen molar-refractivity contribution in [3.63, 3.8) is 0 Å². The molecule has 1 fully saturated rings. The van der Waals surface area contributed by atoms with Crippen LogP contribution in [0, 0.1) is 11.2 Å². The van der Waals surface area contributed by atoms with Gasteiger partial charge in [0.25, 0.3) is 0 Å². The van der Waals surface area contributed by atoms with Gasteiger partial charge in [-0.3, -0.25) is 0 Å². The van der Waals surface area contributed by atoms with Crippen LogP contribution in [0.2, 0.25) is 5.02 Å². The van der Waals surface area contributed by atoms with Crippen LogP contribution in [0.15, 0.2) is 18.2 Å². The van der Waals surface area contributed by atoms with Crippen LogP contribution in [0.25, 0.3) is 0 Å². The summed E-state index contributed by atoms with van der Waals surface area (Å²) in [6.07, 6.45) is 2.26. The van der Waals surface area contributed by atoms with E-state index in [0.29, 0.717) is 10.6 Å². The monoisotopic (exact) mass is 242 g/mol. The molecular weight excluding hydrogens is 227 g/mol. The summed E-state index contributed by atoms with van der Waals surface area (Å²) < 4.78 is 13.6. The average Bonchev–Trinajstić information content (AvgIpc) is 2.92. The molecule has 0 aliphatic heterocycles. The molecule has 1 saturated carbocycles. The maximum Gasteiger partial charge on any atom is 0.127 e.